The normalized spacial score (nSPS) is 12.2. The topological polar surface area (TPSA) is 6.48 Å². The fourth-order valence-corrected chi connectivity index (χ4v) is 11.7. The lowest BCUT2D eigenvalue weighted by atomic mass is 9.82. The number of hydrogen-bond donors (Lipinski definition) is 0. The second kappa shape index (κ2) is 19.4. The predicted molar refractivity (Wildman–Crippen MR) is 323 cm³/mol. The highest BCUT2D eigenvalue weighted by Gasteiger charge is 2.36. The standard InChI is InChI=1S/C74H56N2/c1-51-22-16-19-33-63(51)70-46-56-27-17-18-28-57(56)47-73(70)76(59-31-14-7-15-32-59)61-42-38-55(39-43-61)69-50-66(52-23-8-4-9-24-52)68(49-67(69)53-25-10-5-11-26-53)54-36-40-60(41-37-54)75(58-29-12-6-13-30-58)62-44-45-65-64-34-20-21-35-71(64)74(2,3)72(65)48-62/h4-50H,1-3H3. The molecule has 362 valence electrons. The largest absolute Gasteiger partial charge is 0.310 e. The first-order valence-electron chi connectivity index (χ1n) is 26.4. The lowest BCUT2D eigenvalue weighted by Gasteiger charge is -2.29. The molecule has 0 saturated carbocycles. The molecule has 0 saturated heterocycles. The summed E-state index contributed by atoms with van der Waals surface area (Å²) in [5.74, 6) is 0. The lowest BCUT2D eigenvalue weighted by Crippen LogP contribution is -2.16. The van der Waals surface area contributed by atoms with Crippen LogP contribution < -0.4 is 9.80 Å². The van der Waals surface area contributed by atoms with Gasteiger partial charge < -0.3 is 9.80 Å². The van der Waals surface area contributed by atoms with E-state index < -0.39 is 0 Å². The van der Waals surface area contributed by atoms with E-state index in [1.165, 1.54) is 83.1 Å². The van der Waals surface area contributed by atoms with Gasteiger partial charge in [-0.2, -0.15) is 0 Å². The van der Waals surface area contributed by atoms with E-state index in [1.54, 1.807) is 0 Å². The molecule has 13 rings (SSSR count). The van der Waals surface area contributed by atoms with Crippen molar-refractivity contribution in [1.82, 2.24) is 0 Å². The minimum Gasteiger partial charge on any atom is -0.310 e. The van der Waals surface area contributed by atoms with Gasteiger partial charge in [0.25, 0.3) is 0 Å². The van der Waals surface area contributed by atoms with Crippen molar-refractivity contribution < 1.29 is 0 Å². The Balaban J connectivity index is 0.935. The number of benzene rings is 12. The molecule has 2 heteroatoms. The van der Waals surface area contributed by atoms with Gasteiger partial charge in [0.1, 0.15) is 0 Å². The molecule has 76 heavy (non-hydrogen) atoms. The molecule has 1 aliphatic rings. The van der Waals surface area contributed by atoms with Crippen LogP contribution in [0.3, 0.4) is 0 Å². The smallest absolute Gasteiger partial charge is 0.0546 e. The summed E-state index contributed by atoms with van der Waals surface area (Å²) in [6.45, 7) is 6.92. The Morgan fingerprint density at radius 3 is 1.20 bits per heavy atom. The van der Waals surface area contributed by atoms with E-state index in [4.69, 9.17) is 0 Å². The van der Waals surface area contributed by atoms with Crippen LogP contribution in [0.25, 0.3) is 77.5 Å². The van der Waals surface area contributed by atoms with Gasteiger partial charge in [0.15, 0.2) is 0 Å². The van der Waals surface area contributed by atoms with E-state index in [9.17, 15) is 0 Å². The van der Waals surface area contributed by atoms with Crippen LogP contribution in [0.2, 0.25) is 0 Å². The molecule has 12 aromatic carbocycles. The van der Waals surface area contributed by atoms with Gasteiger partial charge in [-0.05, 0) is 181 Å². The van der Waals surface area contributed by atoms with Gasteiger partial charge in [-0.3, -0.25) is 0 Å². The molecule has 0 spiro atoms. The van der Waals surface area contributed by atoms with Crippen molar-refractivity contribution in [2.24, 2.45) is 0 Å². The predicted octanol–water partition coefficient (Wildman–Crippen LogP) is 20.7. The van der Waals surface area contributed by atoms with Gasteiger partial charge in [-0.15, -0.1) is 0 Å². The van der Waals surface area contributed by atoms with Crippen molar-refractivity contribution in [1.29, 1.82) is 0 Å². The average Bonchev–Trinajstić information content (AvgIpc) is 3.73. The third-order valence-electron chi connectivity index (χ3n) is 15.6. The molecule has 0 fully saturated rings. The van der Waals surface area contributed by atoms with Gasteiger partial charge in [-0.1, -0.05) is 214 Å². The second-order valence-electron chi connectivity index (χ2n) is 20.5. The summed E-state index contributed by atoms with van der Waals surface area (Å²) in [7, 11) is 0. The van der Waals surface area contributed by atoms with Crippen LogP contribution in [0.1, 0.15) is 30.5 Å². The van der Waals surface area contributed by atoms with Gasteiger partial charge in [0.05, 0.1) is 5.69 Å². The first kappa shape index (κ1) is 46.3. The molecule has 0 atom stereocenters. The Hall–Kier alpha value is -9.50. The molecule has 1 aliphatic carbocycles. The van der Waals surface area contributed by atoms with E-state index in [0.29, 0.717) is 0 Å². The summed E-state index contributed by atoms with van der Waals surface area (Å²) in [6.07, 6.45) is 0. The van der Waals surface area contributed by atoms with Gasteiger partial charge in [0.2, 0.25) is 0 Å². The van der Waals surface area contributed by atoms with E-state index in [1.807, 2.05) is 0 Å². The lowest BCUT2D eigenvalue weighted by molar-refractivity contribution is 0.660. The number of rotatable bonds is 11. The van der Waals surface area contributed by atoms with E-state index in [2.05, 4.69) is 316 Å². The first-order valence-corrected chi connectivity index (χ1v) is 26.4. The van der Waals surface area contributed by atoms with Crippen LogP contribution in [0.15, 0.2) is 285 Å². The Morgan fingerprint density at radius 1 is 0.250 bits per heavy atom. The van der Waals surface area contributed by atoms with Crippen LogP contribution in [0.4, 0.5) is 34.1 Å². The summed E-state index contributed by atoms with van der Waals surface area (Å²) >= 11 is 0. The van der Waals surface area contributed by atoms with Crippen molar-refractivity contribution in [3.63, 3.8) is 0 Å². The number of anilines is 6. The number of hydrogen-bond acceptors (Lipinski definition) is 2. The summed E-state index contributed by atoms with van der Waals surface area (Å²) in [5, 5.41) is 2.42. The molecule has 0 radical (unpaired) electrons. The highest BCUT2D eigenvalue weighted by atomic mass is 15.1. The number of para-hydroxylation sites is 2. The quantitative estimate of drug-likeness (QED) is 0.127. The molecule has 0 aliphatic heterocycles. The molecule has 12 aromatic rings. The minimum atomic E-state index is -0.112. The Labute approximate surface area is 447 Å². The fourth-order valence-electron chi connectivity index (χ4n) is 11.7. The molecule has 0 aromatic heterocycles. The Kier molecular flexibility index (Phi) is 11.8. The maximum Gasteiger partial charge on any atom is 0.0546 e. The number of nitrogens with zero attached hydrogens (tertiary/aromatic N) is 2. The second-order valence-corrected chi connectivity index (χ2v) is 20.5. The first-order chi connectivity index (χ1) is 37.4. The number of fused-ring (bicyclic) bond motifs is 4. The highest BCUT2D eigenvalue weighted by molar-refractivity contribution is 6.00. The van der Waals surface area contributed by atoms with Crippen LogP contribution >= 0.6 is 0 Å². The molecular formula is C74H56N2. The van der Waals surface area contributed by atoms with Crippen LogP contribution in [0, 0.1) is 6.92 Å². The maximum atomic E-state index is 2.42. The van der Waals surface area contributed by atoms with Gasteiger partial charge in [0, 0.05) is 39.4 Å². The van der Waals surface area contributed by atoms with Crippen molar-refractivity contribution >= 4 is 44.9 Å². The summed E-state index contributed by atoms with van der Waals surface area (Å²) in [6, 6.07) is 105. The molecule has 2 nitrogen and oxygen atoms in total. The molecule has 0 N–H and O–H groups in total. The van der Waals surface area contributed by atoms with Crippen LogP contribution in [0.5, 0.6) is 0 Å². The van der Waals surface area contributed by atoms with Crippen molar-refractivity contribution in [2.45, 2.75) is 26.2 Å². The van der Waals surface area contributed by atoms with Crippen LogP contribution in [-0.4, -0.2) is 0 Å². The van der Waals surface area contributed by atoms with Crippen molar-refractivity contribution in [3.8, 4) is 66.8 Å². The summed E-state index contributed by atoms with van der Waals surface area (Å²) in [4.78, 5) is 4.81. The zero-order valence-corrected chi connectivity index (χ0v) is 43.0. The van der Waals surface area contributed by atoms with E-state index in [-0.39, 0.29) is 5.41 Å². The van der Waals surface area contributed by atoms with Gasteiger partial charge in [-0.25, -0.2) is 0 Å². The van der Waals surface area contributed by atoms with Crippen molar-refractivity contribution in [3.05, 3.63) is 302 Å². The summed E-state index contributed by atoms with van der Waals surface area (Å²) in [5.41, 5.74) is 24.9. The Morgan fingerprint density at radius 2 is 0.645 bits per heavy atom. The zero-order valence-electron chi connectivity index (χ0n) is 43.0. The highest BCUT2D eigenvalue weighted by Crippen LogP contribution is 2.51. The maximum absolute atomic E-state index is 2.42. The third-order valence-corrected chi connectivity index (χ3v) is 15.6. The monoisotopic (exact) mass is 972 g/mol. The number of aryl methyl sites for hydroxylation is 1. The van der Waals surface area contributed by atoms with E-state index >= 15 is 0 Å². The minimum absolute atomic E-state index is 0.112. The molecule has 0 bridgehead atoms. The fraction of sp³-hybridized carbons (Fsp3) is 0.0541. The van der Waals surface area contributed by atoms with E-state index in [0.717, 1.165) is 45.3 Å². The molecule has 0 unspecified atom stereocenters. The van der Waals surface area contributed by atoms with Crippen LogP contribution in [-0.2, 0) is 5.41 Å². The van der Waals surface area contributed by atoms with Crippen molar-refractivity contribution in [2.75, 3.05) is 9.80 Å². The van der Waals surface area contributed by atoms with Gasteiger partial charge >= 0.3 is 0 Å². The molecular weight excluding hydrogens is 917 g/mol. The Bertz CT molecular complexity index is 4050. The zero-order chi connectivity index (χ0) is 51.2. The average molecular weight is 973 g/mol. The molecule has 0 heterocycles. The molecule has 0 amide bonds. The summed E-state index contributed by atoms with van der Waals surface area (Å²) < 4.78 is 0. The SMILES string of the molecule is Cc1ccccc1-c1cc2ccccc2cc1N(c1ccccc1)c1ccc(-c2cc(-c3ccccc3)c(-c3ccc(N(c4ccccc4)c4ccc5c(c4)C(C)(C)c4ccccc4-5)cc3)cc2-c2ccccc2)cc1. The third kappa shape index (κ3) is 8.35.